The number of rotatable bonds is 2. The molecular formula is C11H14ClN3O2S. The maximum Gasteiger partial charge on any atom is 0.246 e. The first-order valence-corrected chi connectivity index (χ1v) is 6.50. The number of morpholine rings is 1. The summed E-state index contributed by atoms with van der Waals surface area (Å²) in [6.07, 6.45) is 0.0551. The van der Waals surface area contributed by atoms with Crippen molar-refractivity contribution in [2.24, 2.45) is 0 Å². The molecule has 2 aromatic rings. The van der Waals surface area contributed by atoms with Gasteiger partial charge < -0.3 is 14.6 Å². The first kappa shape index (κ1) is 13.5. The topological polar surface area (TPSA) is 60.2 Å². The SMILES string of the molecule is C[C@H]1OCCN[C@@H]1c1nc(-c2ccsc2)no1.Cl. The lowest BCUT2D eigenvalue weighted by molar-refractivity contribution is -0.00136. The summed E-state index contributed by atoms with van der Waals surface area (Å²) in [6.45, 7) is 3.54. The molecule has 1 aliphatic heterocycles. The van der Waals surface area contributed by atoms with E-state index in [1.807, 2.05) is 23.8 Å². The maximum absolute atomic E-state index is 5.56. The van der Waals surface area contributed by atoms with Crippen molar-refractivity contribution in [3.05, 3.63) is 22.7 Å². The standard InChI is InChI=1S/C11H13N3O2S.ClH/c1-7-9(12-3-4-15-7)11-13-10(14-16-11)8-2-5-17-6-8;/h2,5-7,9,12H,3-4H2,1H3;1H/t7-,9+;/m1./s1. The molecule has 0 aliphatic carbocycles. The van der Waals surface area contributed by atoms with Crippen molar-refractivity contribution < 1.29 is 9.26 Å². The molecule has 2 atom stereocenters. The van der Waals surface area contributed by atoms with Gasteiger partial charge in [0.2, 0.25) is 11.7 Å². The van der Waals surface area contributed by atoms with E-state index in [2.05, 4.69) is 15.5 Å². The molecule has 0 spiro atoms. The Balaban J connectivity index is 0.00000120. The largest absolute Gasteiger partial charge is 0.375 e. The first-order valence-electron chi connectivity index (χ1n) is 5.56. The average molecular weight is 288 g/mol. The van der Waals surface area contributed by atoms with Gasteiger partial charge in [0.15, 0.2) is 0 Å². The van der Waals surface area contributed by atoms with Gasteiger partial charge >= 0.3 is 0 Å². The molecule has 18 heavy (non-hydrogen) atoms. The molecular weight excluding hydrogens is 274 g/mol. The minimum absolute atomic E-state index is 0. The van der Waals surface area contributed by atoms with Crippen LogP contribution < -0.4 is 5.32 Å². The molecule has 2 aromatic heterocycles. The highest BCUT2D eigenvalue weighted by molar-refractivity contribution is 7.08. The van der Waals surface area contributed by atoms with Crippen LogP contribution in [0.4, 0.5) is 0 Å². The summed E-state index contributed by atoms with van der Waals surface area (Å²) in [5, 5.41) is 11.3. The number of nitrogens with zero attached hydrogens (tertiary/aromatic N) is 2. The molecule has 1 N–H and O–H groups in total. The van der Waals surface area contributed by atoms with Gasteiger partial charge in [-0.1, -0.05) is 5.16 Å². The van der Waals surface area contributed by atoms with Gasteiger partial charge in [-0.05, 0) is 18.4 Å². The summed E-state index contributed by atoms with van der Waals surface area (Å²) in [5.41, 5.74) is 0.995. The summed E-state index contributed by atoms with van der Waals surface area (Å²) >= 11 is 1.62. The Kier molecular flexibility index (Phi) is 4.34. The van der Waals surface area contributed by atoms with E-state index in [0.717, 1.165) is 18.7 Å². The van der Waals surface area contributed by atoms with E-state index >= 15 is 0 Å². The molecule has 1 saturated heterocycles. The highest BCUT2D eigenvalue weighted by atomic mass is 35.5. The summed E-state index contributed by atoms with van der Waals surface area (Å²) in [4.78, 5) is 4.41. The van der Waals surface area contributed by atoms with Gasteiger partial charge in [0.05, 0.1) is 12.7 Å². The van der Waals surface area contributed by atoms with Crippen LogP contribution in [0.5, 0.6) is 0 Å². The number of nitrogens with one attached hydrogen (secondary N) is 1. The van der Waals surface area contributed by atoms with Crippen LogP contribution in [0.1, 0.15) is 18.9 Å². The van der Waals surface area contributed by atoms with Gasteiger partial charge in [0.25, 0.3) is 0 Å². The molecule has 3 heterocycles. The number of thiophene rings is 1. The minimum Gasteiger partial charge on any atom is -0.375 e. The van der Waals surface area contributed by atoms with E-state index in [-0.39, 0.29) is 24.6 Å². The lowest BCUT2D eigenvalue weighted by atomic mass is 10.1. The second-order valence-corrected chi connectivity index (χ2v) is 4.76. The van der Waals surface area contributed by atoms with E-state index < -0.39 is 0 Å². The van der Waals surface area contributed by atoms with Crippen LogP contribution in [0.25, 0.3) is 11.4 Å². The Hall–Kier alpha value is -0.950. The second-order valence-electron chi connectivity index (χ2n) is 3.98. The van der Waals surface area contributed by atoms with Gasteiger partial charge in [-0.15, -0.1) is 12.4 Å². The van der Waals surface area contributed by atoms with Crippen LogP contribution in [0.3, 0.4) is 0 Å². The number of aromatic nitrogens is 2. The molecule has 3 rings (SSSR count). The highest BCUT2D eigenvalue weighted by Crippen LogP contribution is 2.24. The monoisotopic (exact) mass is 287 g/mol. The number of hydrogen-bond acceptors (Lipinski definition) is 6. The molecule has 7 heteroatoms. The van der Waals surface area contributed by atoms with Crippen LogP contribution in [0, 0.1) is 0 Å². The number of halogens is 1. The van der Waals surface area contributed by atoms with Gasteiger partial charge in [0.1, 0.15) is 6.04 Å². The van der Waals surface area contributed by atoms with Crippen LogP contribution in [0.15, 0.2) is 21.3 Å². The third-order valence-electron chi connectivity index (χ3n) is 2.80. The smallest absolute Gasteiger partial charge is 0.246 e. The maximum atomic E-state index is 5.56. The fourth-order valence-electron chi connectivity index (χ4n) is 1.88. The van der Waals surface area contributed by atoms with Gasteiger partial charge in [-0.2, -0.15) is 16.3 Å². The molecule has 0 amide bonds. The lowest BCUT2D eigenvalue weighted by Crippen LogP contribution is -2.40. The predicted octanol–water partition coefficient (Wildman–Crippen LogP) is 2.27. The molecule has 0 saturated carbocycles. The van der Waals surface area contributed by atoms with Crippen molar-refractivity contribution in [1.29, 1.82) is 0 Å². The number of ether oxygens (including phenoxy) is 1. The average Bonchev–Trinajstić information content (AvgIpc) is 3.00. The van der Waals surface area contributed by atoms with E-state index in [9.17, 15) is 0 Å². The Labute approximate surface area is 115 Å². The number of hydrogen-bond donors (Lipinski definition) is 1. The summed E-state index contributed by atoms with van der Waals surface area (Å²) in [6, 6.07) is 1.97. The first-order chi connectivity index (χ1) is 8.34. The fraction of sp³-hybridized carbons (Fsp3) is 0.455. The molecule has 5 nitrogen and oxygen atoms in total. The Morgan fingerprint density at radius 3 is 3.11 bits per heavy atom. The molecule has 1 fully saturated rings. The summed E-state index contributed by atoms with van der Waals surface area (Å²) in [5.74, 6) is 1.24. The zero-order valence-corrected chi connectivity index (χ0v) is 11.5. The van der Waals surface area contributed by atoms with Gasteiger partial charge in [-0.25, -0.2) is 0 Å². The van der Waals surface area contributed by atoms with Crippen LogP contribution in [0.2, 0.25) is 0 Å². The van der Waals surface area contributed by atoms with Gasteiger partial charge in [0, 0.05) is 17.5 Å². The molecule has 0 unspecified atom stereocenters. The van der Waals surface area contributed by atoms with Crippen molar-refractivity contribution in [2.75, 3.05) is 13.2 Å². The van der Waals surface area contributed by atoms with Crippen molar-refractivity contribution in [2.45, 2.75) is 19.1 Å². The van der Waals surface area contributed by atoms with E-state index in [4.69, 9.17) is 9.26 Å². The van der Waals surface area contributed by atoms with Crippen molar-refractivity contribution >= 4 is 23.7 Å². The predicted molar refractivity (Wildman–Crippen MR) is 71.0 cm³/mol. The molecule has 1 aliphatic rings. The third-order valence-corrected chi connectivity index (χ3v) is 3.49. The molecule has 0 bridgehead atoms. The minimum atomic E-state index is -0.0105. The Morgan fingerprint density at radius 2 is 2.39 bits per heavy atom. The van der Waals surface area contributed by atoms with E-state index in [0.29, 0.717) is 11.7 Å². The van der Waals surface area contributed by atoms with Crippen molar-refractivity contribution in [3.8, 4) is 11.4 Å². The normalized spacial score (nSPS) is 23.6. The van der Waals surface area contributed by atoms with Crippen molar-refractivity contribution in [1.82, 2.24) is 15.5 Å². The zero-order valence-electron chi connectivity index (χ0n) is 9.83. The summed E-state index contributed by atoms with van der Waals surface area (Å²) < 4.78 is 10.9. The second kappa shape index (κ2) is 5.79. The third kappa shape index (κ3) is 2.56. The van der Waals surface area contributed by atoms with Crippen molar-refractivity contribution in [3.63, 3.8) is 0 Å². The molecule has 0 radical (unpaired) electrons. The van der Waals surface area contributed by atoms with Gasteiger partial charge in [-0.3, -0.25) is 0 Å². The Morgan fingerprint density at radius 1 is 1.50 bits per heavy atom. The van der Waals surface area contributed by atoms with Crippen LogP contribution in [-0.4, -0.2) is 29.4 Å². The fourth-order valence-corrected chi connectivity index (χ4v) is 2.51. The quantitative estimate of drug-likeness (QED) is 0.918. The van der Waals surface area contributed by atoms with E-state index in [1.165, 1.54) is 0 Å². The van der Waals surface area contributed by atoms with E-state index in [1.54, 1.807) is 11.3 Å². The highest BCUT2D eigenvalue weighted by Gasteiger charge is 2.28. The Bertz CT molecular complexity index is 488. The lowest BCUT2D eigenvalue weighted by Gasteiger charge is -2.27. The molecule has 0 aromatic carbocycles. The zero-order chi connectivity index (χ0) is 11.7. The summed E-state index contributed by atoms with van der Waals surface area (Å²) in [7, 11) is 0. The van der Waals surface area contributed by atoms with Crippen LogP contribution in [-0.2, 0) is 4.74 Å². The molecule has 98 valence electrons. The van der Waals surface area contributed by atoms with Crippen LogP contribution >= 0.6 is 23.7 Å².